The van der Waals surface area contributed by atoms with Crippen LogP contribution in [0.4, 0.5) is 0 Å². The molecule has 1 amide bonds. The average Bonchev–Trinajstić information content (AvgIpc) is 2.39. The molecule has 0 aliphatic heterocycles. The lowest BCUT2D eigenvalue weighted by Crippen LogP contribution is -2.48. The van der Waals surface area contributed by atoms with E-state index in [9.17, 15) is 9.59 Å². The molecule has 2 unspecified atom stereocenters. The Bertz CT molecular complexity index is 497. The Morgan fingerprint density at radius 3 is 2.35 bits per heavy atom. The van der Waals surface area contributed by atoms with Gasteiger partial charge in [0.2, 0.25) is 5.91 Å². The number of hydrogen-bond acceptors (Lipinski definition) is 3. The molecule has 4 heteroatoms. The normalized spacial score (nSPS) is 13.7. The lowest BCUT2D eigenvalue weighted by molar-refractivity contribution is -0.127. The fourth-order valence-electron chi connectivity index (χ4n) is 1.91. The van der Waals surface area contributed by atoms with Crippen molar-refractivity contribution in [2.75, 3.05) is 7.05 Å². The molecule has 1 aromatic rings. The van der Waals surface area contributed by atoms with E-state index >= 15 is 0 Å². The van der Waals surface area contributed by atoms with E-state index in [1.54, 1.807) is 14.0 Å². The van der Waals surface area contributed by atoms with Crippen molar-refractivity contribution in [1.29, 1.82) is 0 Å². The third-order valence-electron chi connectivity index (χ3n) is 3.64. The molecule has 1 rings (SSSR count). The van der Waals surface area contributed by atoms with E-state index in [0.29, 0.717) is 6.42 Å². The highest BCUT2D eigenvalue weighted by molar-refractivity contribution is 5.89. The summed E-state index contributed by atoms with van der Waals surface area (Å²) in [6.45, 7) is 7.30. The maximum absolute atomic E-state index is 12.1. The summed E-state index contributed by atoms with van der Waals surface area (Å²) >= 11 is 0. The number of hydrogen-bond donors (Lipinski definition) is 2. The summed E-state index contributed by atoms with van der Waals surface area (Å²) in [4.78, 5) is 23.3. The van der Waals surface area contributed by atoms with Crippen LogP contribution < -0.4 is 10.6 Å². The Labute approximate surface area is 121 Å². The highest BCUT2D eigenvalue weighted by Gasteiger charge is 2.20. The lowest BCUT2D eigenvalue weighted by atomic mass is 10.0. The second-order valence-electron chi connectivity index (χ2n) is 5.30. The van der Waals surface area contributed by atoms with E-state index in [-0.39, 0.29) is 17.7 Å². The molecule has 2 atom stereocenters. The number of rotatable bonds is 6. The topological polar surface area (TPSA) is 58.2 Å². The van der Waals surface area contributed by atoms with Crippen molar-refractivity contribution < 1.29 is 9.59 Å². The Hall–Kier alpha value is -1.68. The Kier molecular flexibility index (Phi) is 5.89. The van der Waals surface area contributed by atoms with Gasteiger partial charge in [0.25, 0.3) is 0 Å². The number of likely N-dealkylation sites (N-methyl/N-ethyl adjacent to an activating group) is 1. The van der Waals surface area contributed by atoms with Gasteiger partial charge in [-0.25, -0.2) is 0 Å². The molecule has 4 nitrogen and oxygen atoms in total. The van der Waals surface area contributed by atoms with E-state index in [4.69, 9.17) is 0 Å². The minimum absolute atomic E-state index is 0.0422. The van der Waals surface area contributed by atoms with Crippen LogP contribution in [0.2, 0.25) is 0 Å². The minimum Gasteiger partial charge on any atom is -0.345 e. The molecular formula is C16H24N2O2. The number of carbonyl (C=O) groups is 2. The monoisotopic (exact) mass is 276 g/mol. The number of ketones is 1. The first-order chi connectivity index (χ1) is 9.35. The molecule has 20 heavy (non-hydrogen) atoms. The molecule has 110 valence electrons. The second kappa shape index (κ2) is 7.20. The van der Waals surface area contributed by atoms with Gasteiger partial charge in [-0.05, 0) is 57.9 Å². The molecule has 0 saturated carbocycles. The number of amides is 1. The SMILES string of the molecule is CNC(Cc1ccc(C)c(C)c1)C(=O)NC(C)C(C)=O. The van der Waals surface area contributed by atoms with E-state index in [1.165, 1.54) is 18.1 Å². The van der Waals surface area contributed by atoms with Gasteiger partial charge in [-0.2, -0.15) is 0 Å². The van der Waals surface area contributed by atoms with Gasteiger partial charge >= 0.3 is 0 Å². The van der Waals surface area contributed by atoms with Crippen LogP contribution in [0.3, 0.4) is 0 Å². The average molecular weight is 276 g/mol. The Morgan fingerprint density at radius 1 is 1.20 bits per heavy atom. The molecule has 0 aromatic heterocycles. The highest BCUT2D eigenvalue weighted by atomic mass is 16.2. The summed E-state index contributed by atoms with van der Waals surface area (Å²) < 4.78 is 0. The van der Waals surface area contributed by atoms with Gasteiger partial charge in [-0.3, -0.25) is 9.59 Å². The van der Waals surface area contributed by atoms with Gasteiger partial charge in [-0.15, -0.1) is 0 Å². The third-order valence-corrected chi connectivity index (χ3v) is 3.64. The van der Waals surface area contributed by atoms with Crippen LogP contribution in [0.25, 0.3) is 0 Å². The van der Waals surface area contributed by atoms with Crippen molar-refractivity contribution in [1.82, 2.24) is 10.6 Å². The number of Topliss-reactive ketones (excluding diaryl/α,β-unsaturated/α-hetero) is 1. The van der Waals surface area contributed by atoms with Crippen LogP contribution in [-0.4, -0.2) is 30.8 Å². The summed E-state index contributed by atoms with van der Waals surface area (Å²) in [6.07, 6.45) is 0.605. The summed E-state index contributed by atoms with van der Waals surface area (Å²) in [5.41, 5.74) is 3.57. The van der Waals surface area contributed by atoms with Crippen LogP contribution in [0.1, 0.15) is 30.5 Å². The van der Waals surface area contributed by atoms with Crippen molar-refractivity contribution in [3.8, 4) is 0 Å². The number of nitrogens with one attached hydrogen (secondary N) is 2. The van der Waals surface area contributed by atoms with Gasteiger partial charge in [0, 0.05) is 0 Å². The first-order valence-electron chi connectivity index (χ1n) is 6.89. The van der Waals surface area contributed by atoms with E-state index < -0.39 is 6.04 Å². The summed E-state index contributed by atoms with van der Waals surface area (Å²) in [6, 6.07) is 5.42. The molecule has 0 bridgehead atoms. The maximum Gasteiger partial charge on any atom is 0.238 e. The quantitative estimate of drug-likeness (QED) is 0.828. The molecule has 0 saturated heterocycles. The Balaban J connectivity index is 2.73. The van der Waals surface area contributed by atoms with Gasteiger partial charge < -0.3 is 10.6 Å². The summed E-state index contributed by atoms with van der Waals surface area (Å²) in [5.74, 6) is -0.187. The van der Waals surface area contributed by atoms with Crippen molar-refractivity contribution in [2.24, 2.45) is 0 Å². The first-order valence-corrected chi connectivity index (χ1v) is 6.89. The molecule has 0 fully saturated rings. The van der Waals surface area contributed by atoms with Gasteiger partial charge in [-0.1, -0.05) is 18.2 Å². The number of carbonyl (C=O) groups excluding carboxylic acids is 2. The molecular weight excluding hydrogens is 252 g/mol. The van der Waals surface area contributed by atoms with Crippen molar-refractivity contribution >= 4 is 11.7 Å². The van der Waals surface area contributed by atoms with Crippen molar-refractivity contribution in [2.45, 2.75) is 46.2 Å². The molecule has 2 N–H and O–H groups in total. The zero-order valence-corrected chi connectivity index (χ0v) is 12.9. The summed E-state index contributed by atoms with van der Waals surface area (Å²) in [5, 5.41) is 5.73. The Morgan fingerprint density at radius 2 is 1.85 bits per heavy atom. The predicted molar refractivity (Wildman–Crippen MR) is 80.8 cm³/mol. The van der Waals surface area contributed by atoms with Gasteiger partial charge in [0.1, 0.15) is 0 Å². The molecule has 0 radical (unpaired) electrons. The zero-order valence-electron chi connectivity index (χ0n) is 12.9. The number of aryl methyl sites for hydroxylation is 2. The van der Waals surface area contributed by atoms with E-state index in [0.717, 1.165) is 5.56 Å². The minimum atomic E-state index is -0.446. The zero-order chi connectivity index (χ0) is 15.3. The summed E-state index contributed by atoms with van der Waals surface area (Å²) in [7, 11) is 1.75. The molecule has 0 aliphatic rings. The molecule has 0 heterocycles. The fourth-order valence-corrected chi connectivity index (χ4v) is 1.91. The van der Waals surface area contributed by atoms with Gasteiger partial charge in [0.15, 0.2) is 5.78 Å². The fraction of sp³-hybridized carbons (Fsp3) is 0.500. The number of benzene rings is 1. The van der Waals surface area contributed by atoms with Crippen LogP contribution in [0, 0.1) is 13.8 Å². The van der Waals surface area contributed by atoms with Crippen LogP contribution >= 0.6 is 0 Å². The molecule has 0 aliphatic carbocycles. The van der Waals surface area contributed by atoms with Crippen molar-refractivity contribution in [3.63, 3.8) is 0 Å². The molecule has 1 aromatic carbocycles. The second-order valence-corrected chi connectivity index (χ2v) is 5.30. The van der Waals surface area contributed by atoms with E-state index in [1.807, 2.05) is 6.07 Å². The predicted octanol–water partition coefficient (Wildman–Crippen LogP) is 1.53. The highest BCUT2D eigenvalue weighted by Crippen LogP contribution is 2.11. The smallest absolute Gasteiger partial charge is 0.238 e. The standard InChI is InChI=1S/C16H24N2O2/c1-10-6-7-14(8-11(10)2)9-15(17-5)16(20)18-12(3)13(4)19/h6-8,12,15,17H,9H2,1-5H3,(H,18,20). The first kappa shape index (κ1) is 16.4. The third kappa shape index (κ3) is 4.46. The van der Waals surface area contributed by atoms with Gasteiger partial charge in [0.05, 0.1) is 12.1 Å². The largest absolute Gasteiger partial charge is 0.345 e. The molecule has 0 spiro atoms. The van der Waals surface area contributed by atoms with Crippen LogP contribution in [0.15, 0.2) is 18.2 Å². The van der Waals surface area contributed by atoms with Crippen LogP contribution in [-0.2, 0) is 16.0 Å². The van der Waals surface area contributed by atoms with E-state index in [2.05, 4.69) is 36.6 Å². The lowest BCUT2D eigenvalue weighted by Gasteiger charge is -2.19. The maximum atomic E-state index is 12.1. The van der Waals surface area contributed by atoms with Crippen LogP contribution in [0.5, 0.6) is 0 Å². The van der Waals surface area contributed by atoms with Crippen molar-refractivity contribution in [3.05, 3.63) is 34.9 Å².